The van der Waals surface area contributed by atoms with E-state index in [9.17, 15) is 9.90 Å². The monoisotopic (exact) mass is 461 g/mol. The molecule has 0 amide bonds. The highest BCUT2D eigenvalue weighted by molar-refractivity contribution is 7.78. The van der Waals surface area contributed by atoms with Crippen LogP contribution in [0.15, 0.2) is 65.7 Å². The molecule has 0 aliphatic carbocycles. The average molecular weight is 462 g/mol. The number of carboxylic acid groups (broad SMARTS) is 1. The van der Waals surface area contributed by atoms with Crippen molar-refractivity contribution in [2.45, 2.75) is 40.7 Å². The van der Waals surface area contributed by atoms with Crippen molar-refractivity contribution in [2.24, 2.45) is 23.2 Å². The molecule has 31 heavy (non-hydrogen) atoms. The summed E-state index contributed by atoms with van der Waals surface area (Å²) in [6.45, 7) is 9.69. The first kappa shape index (κ1) is 25.3. The van der Waals surface area contributed by atoms with Crippen LogP contribution in [0.3, 0.4) is 0 Å². The third-order valence-electron chi connectivity index (χ3n) is 5.78. The van der Waals surface area contributed by atoms with E-state index in [-0.39, 0.29) is 17.8 Å². The van der Waals surface area contributed by atoms with E-state index < -0.39 is 17.4 Å². The Kier molecular flexibility index (Phi) is 9.04. The van der Waals surface area contributed by atoms with Crippen LogP contribution in [0, 0.1) is 23.2 Å². The van der Waals surface area contributed by atoms with Crippen molar-refractivity contribution >= 4 is 30.4 Å². The van der Waals surface area contributed by atoms with Crippen molar-refractivity contribution in [3.05, 3.63) is 71.3 Å². The first-order chi connectivity index (χ1) is 14.6. The van der Waals surface area contributed by atoms with E-state index >= 15 is 0 Å². The zero-order chi connectivity index (χ0) is 23.2. The lowest BCUT2D eigenvalue weighted by Gasteiger charge is -2.46. The van der Waals surface area contributed by atoms with Gasteiger partial charge in [0, 0.05) is 5.03 Å². The molecule has 3 atom stereocenters. The second-order valence-electron chi connectivity index (χ2n) is 8.47. The molecule has 0 heterocycles. The van der Waals surface area contributed by atoms with E-state index in [1.54, 1.807) is 6.92 Å². The number of carbonyl (C=O) groups is 1. The maximum absolute atomic E-state index is 13.0. The Labute approximate surface area is 196 Å². The number of halogens is 1. The van der Waals surface area contributed by atoms with Crippen molar-refractivity contribution < 1.29 is 14.6 Å². The van der Waals surface area contributed by atoms with Crippen molar-refractivity contribution in [3.8, 4) is 11.5 Å². The minimum absolute atomic E-state index is 0.0418. The number of rotatable bonds is 10. The van der Waals surface area contributed by atoms with E-state index in [1.165, 1.54) is 0 Å². The van der Waals surface area contributed by atoms with E-state index in [0.717, 1.165) is 5.56 Å². The molecule has 0 aliphatic rings. The summed E-state index contributed by atoms with van der Waals surface area (Å²) >= 11 is 10.6. The van der Waals surface area contributed by atoms with Gasteiger partial charge >= 0.3 is 5.97 Å². The van der Waals surface area contributed by atoms with Gasteiger partial charge in [-0.3, -0.25) is 9.52 Å². The average Bonchev–Trinajstić information content (AvgIpc) is 2.70. The fraction of sp³-hybridized carbons (Fsp3) is 0.400. The Balaban J connectivity index is 2.63. The van der Waals surface area contributed by atoms with E-state index in [1.807, 2.05) is 88.4 Å². The normalized spacial score (nSPS) is 16.1. The van der Waals surface area contributed by atoms with E-state index in [4.69, 9.17) is 16.3 Å². The molecule has 2 aromatic rings. The molecule has 2 N–H and O–H groups in total. The smallest absolute Gasteiger partial charge is 0.312 e. The second-order valence-corrected chi connectivity index (χ2v) is 9.32. The summed E-state index contributed by atoms with van der Waals surface area (Å²) in [7, 11) is 0. The molecule has 0 spiro atoms. The van der Waals surface area contributed by atoms with E-state index in [0.29, 0.717) is 16.5 Å². The van der Waals surface area contributed by atoms with Crippen LogP contribution < -0.4 is 9.46 Å². The molecule has 0 bridgehead atoms. The number of benzene rings is 2. The third kappa shape index (κ3) is 5.65. The lowest BCUT2D eigenvalue weighted by Crippen LogP contribution is -2.52. The number of aliphatic carboxylic acids is 1. The lowest BCUT2D eigenvalue weighted by molar-refractivity contribution is -0.159. The Hall–Kier alpha value is -1.95. The zero-order valence-electron chi connectivity index (χ0n) is 18.7. The predicted octanol–water partition coefficient (Wildman–Crippen LogP) is 7.10. The van der Waals surface area contributed by atoms with Gasteiger partial charge in [-0.2, -0.15) is 0 Å². The van der Waals surface area contributed by atoms with Gasteiger partial charge in [0.1, 0.15) is 11.5 Å². The summed E-state index contributed by atoms with van der Waals surface area (Å²) in [5, 5.41) is 11.2. The standard InChI is InChI=1S/C25H32ClNO3S/c1-16(2)22(14-18(5)26)25(17(3)4,24(28)29)23(27-31)19-10-9-13-21(15-19)30-20-11-7-6-8-12-20/h6-17,22-23,27,31H,1-5H3,(H,28,29). The number of nitrogens with one attached hydrogen (secondary N) is 1. The summed E-state index contributed by atoms with van der Waals surface area (Å²) in [6, 6.07) is 16.4. The molecule has 3 unspecified atom stereocenters. The van der Waals surface area contributed by atoms with Crippen LogP contribution >= 0.6 is 24.4 Å². The van der Waals surface area contributed by atoms with Gasteiger partial charge in [0.25, 0.3) is 0 Å². The number of hydrogen-bond acceptors (Lipinski definition) is 4. The maximum Gasteiger partial charge on any atom is 0.312 e. The zero-order valence-corrected chi connectivity index (χ0v) is 20.3. The van der Waals surface area contributed by atoms with Gasteiger partial charge in [0.2, 0.25) is 0 Å². The molecule has 0 aliphatic heterocycles. The minimum Gasteiger partial charge on any atom is -0.481 e. The molecule has 2 aromatic carbocycles. The summed E-state index contributed by atoms with van der Waals surface area (Å²) in [6.07, 6.45) is 1.86. The fourth-order valence-electron chi connectivity index (χ4n) is 4.39. The Bertz CT molecular complexity index is 897. The molecule has 0 saturated carbocycles. The van der Waals surface area contributed by atoms with Crippen LogP contribution in [0.5, 0.6) is 11.5 Å². The highest BCUT2D eigenvalue weighted by Crippen LogP contribution is 2.51. The Morgan fingerprint density at radius 3 is 2.19 bits per heavy atom. The Morgan fingerprint density at radius 2 is 1.71 bits per heavy atom. The van der Waals surface area contributed by atoms with Gasteiger partial charge in [-0.1, -0.05) is 88.5 Å². The van der Waals surface area contributed by atoms with Crippen molar-refractivity contribution in [3.63, 3.8) is 0 Å². The number of ether oxygens (including phenoxy) is 1. The molecule has 0 aromatic heterocycles. The van der Waals surface area contributed by atoms with Crippen LogP contribution in [-0.2, 0) is 4.79 Å². The highest BCUT2D eigenvalue weighted by atomic mass is 35.5. The van der Waals surface area contributed by atoms with Gasteiger partial charge in [0.05, 0.1) is 11.5 Å². The van der Waals surface area contributed by atoms with Crippen molar-refractivity contribution in [2.75, 3.05) is 0 Å². The SMILES string of the molecule is CC(Cl)=CC(C(C)C)C(C(=O)O)(C(C)C)C(NS)c1cccc(Oc2ccccc2)c1. The number of thiol groups is 1. The first-order valence-corrected chi connectivity index (χ1v) is 11.3. The van der Waals surface area contributed by atoms with Gasteiger partial charge in [0.15, 0.2) is 0 Å². The molecule has 0 saturated heterocycles. The molecule has 168 valence electrons. The second kappa shape index (κ2) is 11.1. The lowest BCUT2D eigenvalue weighted by atomic mass is 9.58. The van der Waals surface area contributed by atoms with E-state index in [2.05, 4.69) is 17.5 Å². The summed E-state index contributed by atoms with van der Waals surface area (Å²) < 4.78 is 8.99. The minimum atomic E-state index is -1.20. The molecule has 2 rings (SSSR count). The molecule has 0 fully saturated rings. The first-order valence-electron chi connectivity index (χ1n) is 10.4. The number of carboxylic acids is 1. The summed E-state index contributed by atoms with van der Waals surface area (Å²) in [4.78, 5) is 13.0. The van der Waals surface area contributed by atoms with Gasteiger partial charge in [-0.25, -0.2) is 0 Å². The summed E-state index contributed by atoms with van der Waals surface area (Å²) in [5.74, 6) is -0.0510. The Morgan fingerprint density at radius 1 is 1.10 bits per heavy atom. The van der Waals surface area contributed by atoms with Crippen LogP contribution in [0.25, 0.3) is 0 Å². The quantitative estimate of drug-likeness (QED) is 0.330. The number of hydrogen-bond donors (Lipinski definition) is 3. The highest BCUT2D eigenvalue weighted by Gasteiger charge is 2.54. The topological polar surface area (TPSA) is 58.6 Å². The summed E-state index contributed by atoms with van der Waals surface area (Å²) in [5.41, 5.74) is -0.414. The molecular weight excluding hydrogens is 430 g/mol. The fourth-order valence-corrected chi connectivity index (χ4v) is 4.89. The predicted molar refractivity (Wildman–Crippen MR) is 131 cm³/mol. The van der Waals surface area contributed by atoms with Crippen molar-refractivity contribution in [1.29, 1.82) is 0 Å². The van der Waals surface area contributed by atoms with Gasteiger partial charge in [-0.05, 0) is 54.5 Å². The number of allylic oxidation sites excluding steroid dienone is 2. The molecule has 0 radical (unpaired) electrons. The van der Waals surface area contributed by atoms with Crippen LogP contribution in [0.2, 0.25) is 0 Å². The number of para-hydroxylation sites is 1. The van der Waals surface area contributed by atoms with Gasteiger partial charge < -0.3 is 9.84 Å². The van der Waals surface area contributed by atoms with Crippen LogP contribution in [0.1, 0.15) is 46.2 Å². The van der Waals surface area contributed by atoms with Crippen molar-refractivity contribution in [1.82, 2.24) is 4.72 Å². The molecule has 6 heteroatoms. The maximum atomic E-state index is 13.0. The van der Waals surface area contributed by atoms with Crippen LogP contribution in [0.4, 0.5) is 0 Å². The van der Waals surface area contributed by atoms with Gasteiger partial charge in [-0.15, -0.1) is 0 Å². The molecule has 4 nitrogen and oxygen atoms in total. The largest absolute Gasteiger partial charge is 0.481 e. The molecular formula is C25H32ClNO3S. The van der Waals surface area contributed by atoms with Crippen LogP contribution in [-0.4, -0.2) is 11.1 Å². The third-order valence-corrected chi connectivity index (χ3v) is 6.17.